The van der Waals surface area contributed by atoms with E-state index in [0.717, 1.165) is 19.6 Å². The van der Waals surface area contributed by atoms with Crippen LogP contribution in [0.25, 0.3) is 0 Å². The van der Waals surface area contributed by atoms with Crippen molar-refractivity contribution in [1.29, 1.82) is 5.26 Å². The van der Waals surface area contributed by atoms with Crippen molar-refractivity contribution >= 4 is 0 Å². The van der Waals surface area contributed by atoms with Crippen LogP contribution in [0.4, 0.5) is 0 Å². The van der Waals surface area contributed by atoms with E-state index in [1.54, 1.807) is 0 Å². The zero-order valence-corrected chi connectivity index (χ0v) is 7.25. The smallest absolute Gasteiger partial charge is 0.0869 e. The van der Waals surface area contributed by atoms with Gasteiger partial charge in [-0.2, -0.15) is 5.26 Å². The predicted molar refractivity (Wildman–Crippen MR) is 44.1 cm³/mol. The Morgan fingerprint density at radius 2 is 2.27 bits per heavy atom. The minimum Gasteiger partial charge on any atom is -0.304 e. The second kappa shape index (κ2) is 3.70. The average molecular weight is 153 g/mol. The van der Waals surface area contributed by atoms with Gasteiger partial charge in [0.05, 0.1) is 12.6 Å². The largest absolute Gasteiger partial charge is 0.304 e. The Morgan fingerprint density at radius 3 is 2.82 bits per heavy atom. The van der Waals surface area contributed by atoms with E-state index >= 15 is 0 Å². The standard InChI is InChI=1S/C8H15N3/c1-8-7-10(2)5-6-11(8)4-3-9/h8H,4-7H2,1-2H3/t8-/m1/s1. The van der Waals surface area contributed by atoms with E-state index in [0.29, 0.717) is 12.6 Å². The second-order valence-electron chi connectivity index (χ2n) is 3.24. The van der Waals surface area contributed by atoms with Crippen LogP contribution in [0.5, 0.6) is 0 Å². The molecule has 0 spiro atoms. The van der Waals surface area contributed by atoms with Crippen LogP contribution in [0.15, 0.2) is 0 Å². The third-order valence-corrected chi connectivity index (χ3v) is 2.24. The number of nitrogens with zero attached hydrogens (tertiary/aromatic N) is 3. The minimum absolute atomic E-state index is 0.536. The molecule has 1 saturated heterocycles. The van der Waals surface area contributed by atoms with Crippen molar-refractivity contribution in [2.75, 3.05) is 33.2 Å². The van der Waals surface area contributed by atoms with Gasteiger partial charge in [-0.1, -0.05) is 0 Å². The van der Waals surface area contributed by atoms with Crippen LogP contribution < -0.4 is 0 Å². The van der Waals surface area contributed by atoms with Crippen LogP contribution in [0.1, 0.15) is 6.92 Å². The number of likely N-dealkylation sites (N-methyl/N-ethyl adjacent to an activating group) is 1. The fraction of sp³-hybridized carbons (Fsp3) is 0.875. The van der Waals surface area contributed by atoms with E-state index in [4.69, 9.17) is 5.26 Å². The Balaban J connectivity index is 2.39. The van der Waals surface area contributed by atoms with Crippen molar-refractivity contribution in [3.63, 3.8) is 0 Å². The first kappa shape index (κ1) is 8.51. The molecule has 62 valence electrons. The lowest BCUT2D eigenvalue weighted by atomic mass is 10.2. The molecule has 0 bridgehead atoms. The molecule has 0 aromatic rings. The van der Waals surface area contributed by atoms with Crippen molar-refractivity contribution in [2.24, 2.45) is 0 Å². The molecule has 0 aliphatic carbocycles. The molecule has 1 rings (SSSR count). The van der Waals surface area contributed by atoms with Gasteiger partial charge in [0.25, 0.3) is 0 Å². The molecule has 0 amide bonds. The summed E-state index contributed by atoms with van der Waals surface area (Å²) in [6.45, 7) is 5.96. The lowest BCUT2D eigenvalue weighted by Gasteiger charge is -2.36. The van der Waals surface area contributed by atoms with Gasteiger partial charge in [-0.15, -0.1) is 0 Å². The molecular weight excluding hydrogens is 138 g/mol. The van der Waals surface area contributed by atoms with Crippen molar-refractivity contribution < 1.29 is 0 Å². The number of nitriles is 1. The zero-order chi connectivity index (χ0) is 8.27. The summed E-state index contributed by atoms with van der Waals surface area (Å²) in [6, 6.07) is 2.73. The van der Waals surface area contributed by atoms with Gasteiger partial charge >= 0.3 is 0 Å². The van der Waals surface area contributed by atoms with Gasteiger partial charge in [0.2, 0.25) is 0 Å². The summed E-state index contributed by atoms with van der Waals surface area (Å²) in [6.07, 6.45) is 0. The van der Waals surface area contributed by atoms with E-state index in [1.807, 2.05) is 0 Å². The molecule has 1 aliphatic heterocycles. The van der Waals surface area contributed by atoms with Crippen molar-refractivity contribution in [2.45, 2.75) is 13.0 Å². The summed E-state index contributed by atoms with van der Waals surface area (Å²) in [7, 11) is 2.13. The Hall–Kier alpha value is -0.590. The molecule has 1 fully saturated rings. The quantitative estimate of drug-likeness (QED) is 0.502. The topological polar surface area (TPSA) is 30.3 Å². The normalized spacial score (nSPS) is 28.3. The molecule has 1 heterocycles. The summed E-state index contributed by atoms with van der Waals surface area (Å²) in [5.74, 6) is 0. The van der Waals surface area contributed by atoms with Gasteiger partial charge in [0.1, 0.15) is 0 Å². The average Bonchev–Trinajstić information content (AvgIpc) is 1.95. The summed E-state index contributed by atoms with van der Waals surface area (Å²) in [4.78, 5) is 4.53. The monoisotopic (exact) mass is 153 g/mol. The maximum Gasteiger partial charge on any atom is 0.0869 e. The third kappa shape index (κ3) is 2.18. The molecule has 0 unspecified atom stereocenters. The van der Waals surface area contributed by atoms with Gasteiger partial charge in [-0.25, -0.2) is 0 Å². The first-order valence-corrected chi connectivity index (χ1v) is 4.03. The molecule has 11 heavy (non-hydrogen) atoms. The lowest BCUT2D eigenvalue weighted by molar-refractivity contribution is 0.113. The van der Waals surface area contributed by atoms with Crippen molar-refractivity contribution in [1.82, 2.24) is 9.80 Å². The molecule has 3 heteroatoms. The van der Waals surface area contributed by atoms with E-state index in [1.165, 1.54) is 0 Å². The summed E-state index contributed by atoms with van der Waals surface area (Å²) in [5.41, 5.74) is 0. The van der Waals surface area contributed by atoms with E-state index in [-0.39, 0.29) is 0 Å². The number of piperazine rings is 1. The maximum atomic E-state index is 8.50. The number of hydrogen-bond acceptors (Lipinski definition) is 3. The van der Waals surface area contributed by atoms with Crippen LogP contribution in [0.2, 0.25) is 0 Å². The first-order valence-electron chi connectivity index (χ1n) is 4.03. The van der Waals surface area contributed by atoms with Crippen LogP contribution in [-0.4, -0.2) is 49.1 Å². The van der Waals surface area contributed by atoms with Gasteiger partial charge in [0.15, 0.2) is 0 Å². The molecule has 0 radical (unpaired) electrons. The maximum absolute atomic E-state index is 8.50. The number of rotatable bonds is 1. The van der Waals surface area contributed by atoms with Crippen molar-refractivity contribution in [3.05, 3.63) is 0 Å². The summed E-state index contributed by atoms with van der Waals surface area (Å²) in [5, 5.41) is 8.50. The molecule has 1 aliphatic rings. The first-order chi connectivity index (χ1) is 5.24. The van der Waals surface area contributed by atoms with Crippen LogP contribution in [0.3, 0.4) is 0 Å². The summed E-state index contributed by atoms with van der Waals surface area (Å²) < 4.78 is 0. The highest BCUT2D eigenvalue weighted by Crippen LogP contribution is 2.05. The Bertz CT molecular complexity index is 161. The number of hydrogen-bond donors (Lipinski definition) is 0. The minimum atomic E-state index is 0.536. The lowest BCUT2D eigenvalue weighted by Crippen LogP contribution is -2.50. The SMILES string of the molecule is C[C@@H]1CN(C)CCN1CC#N. The zero-order valence-electron chi connectivity index (χ0n) is 7.25. The highest BCUT2D eigenvalue weighted by atomic mass is 15.3. The Labute approximate surface area is 68.2 Å². The summed E-state index contributed by atoms with van der Waals surface area (Å²) >= 11 is 0. The molecule has 3 nitrogen and oxygen atoms in total. The predicted octanol–water partition coefficient (Wildman–Crippen LogP) is 0.146. The Kier molecular flexibility index (Phi) is 2.86. The van der Waals surface area contributed by atoms with Crippen LogP contribution >= 0.6 is 0 Å². The molecule has 0 aromatic heterocycles. The van der Waals surface area contributed by atoms with Crippen LogP contribution in [-0.2, 0) is 0 Å². The van der Waals surface area contributed by atoms with Gasteiger partial charge in [-0.3, -0.25) is 4.90 Å². The highest BCUT2D eigenvalue weighted by Gasteiger charge is 2.20. The Morgan fingerprint density at radius 1 is 1.55 bits per heavy atom. The van der Waals surface area contributed by atoms with Gasteiger partial charge < -0.3 is 4.90 Å². The molecular formula is C8H15N3. The van der Waals surface area contributed by atoms with Gasteiger partial charge in [-0.05, 0) is 14.0 Å². The highest BCUT2D eigenvalue weighted by molar-refractivity contribution is 4.84. The molecule has 0 aromatic carbocycles. The molecule has 0 N–H and O–H groups in total. The van der Waals surface area contributed by atoms with Crippen LogP contribution in [0, 0.1) is 11.3 Å². The van der Waals surface area contributed by atoms with E-state index in [2.05, 4.69) is 29.8 Å². The van der Waals surface area contributed by atoms with Gasteiger partial charge in [0, 0.05) is 25.7 Å². The molecule has 0 saturated carbocycles. The third-order valence-electron chi connectivity index (χ3n) is 2.24. The van der Waals surface area contributed by atoms with E-state index < -0.39 is 0 Å². The fourth-order valence-corrected chi connectivity index (χ4v) is 1.50. The van der Waals surface area contributed by atoms with Crippen molar-refractivity contribution in [3.8, 4) is 6.07 Å². The fourth-order valence-electron chi connectivity index (χ4n) is 1.50. The molecule has 1 atom stereocenters. The second-order valence-corrected chi connectivity index (χ2v) is 3.24. The van der Waals surface area contributed by atoms with E-state index in [9.17, 15) is 0 Å².